The minimum Gasteiger partial charge on any atom is -0.481 e. The second kappa shape index (κ2) is 10.5. The normalized spacial score (nSPS) is 23.5. The minimum atomic E-state index is -1.29. The topological polar surface area (TPSA) is 249 Å². The molecule has 15 heteroatoms. The molecule has 2 aromatic rings. The standard InChI is InChI=1S/C11H15N5O5.C6H11NO4/c1-15-9(20)5-8(14-11(15)12)16(3-13-5)10-7(19)6(18)4(2-17)21-10;7-4(6(10)11)2-1-3-5(8)9/h3-4,6-7,10,17-19H,2H2,1H3,(H2,12,14);4H,1-3,7H2,(H,8,9)(H,10,11)/t4-,6-,7-,10-;/m1./s1. The molecule has 0 radical (unpaired) electrons. The summed E-state index contributed by atoms with van der Waals surface area (Å²) in [5, 5.41) is 45.3. The molecule has 0 amide bonds. The Morgan fingerprint density at radius 2 is 1.94 bits per heavy atom. The van der Waals surface area contributed by atoms with Gasteiger partial charge in [-0.25, -0.2) is 4.98 Å². The molecule has 1 aliphatic heterocycles. The lowest BCUT2D eigenvalue weighted by Crippen LogP contribution is -2.33. The Morgan fingerprint density at radius 3 is 2.47 bits per heavy atom. The number of rotatable bonds is 7. The van der Waals surface area contributed by atoms with Crippen molar-refractivity contribution in [1.29, 1.82) is 0 Å². The van der Waals surface area contributed by atoms with Crippen molar-refractivity contribution < 1.29 is 39.9 Å². The van der Waals surface area contributed by atoms with Crippen LogP contribution in [0.1, 0.15) is 25.5 Å². The Hall–Kier alpha value is -3.11. The van der Waals surface area contributed by atoms with Gasteiger partial charge in [-0.3, -0.25) is 23.5 Å². The van der Waals surface area contributed by atoms with E-state index in [4.69, 9.17) is 31.5 Å². The first-order chi connectivity index (χ1) is 15.0. The first kappa shape index (κ1) is 25.2. The molecule has 1 fully saturated rings. The highest BCUT2D eigenvalue weighted by atomic mass is 16.6. The molecule has 32 heavy (non-hydrogen) atoms. The maximum atomic E-state index is 12.0. The lowest BCUT2D eigenvalue weighted by atomic mass is 10.1. The van der Waals surface area contributed by atoms with Gasteiger partial charge in [-0.2, -0.15) is 4.98 Å². The van der Waals surface area contributed by atoms with E-state index in [1.165, 1.54) is 17.9 Å². The molecular weight excluding hydrogens is 432 g/mol. The molecule has 3 rings (SSSR count). The summed E-state index contributed by atoms with van der Waals surface area (Å²) in [5.74, 6) is -2.03. The van der Waals surface area contributed by atoms with Crippen LogP contribution in [0.15, 0.2) is 11.1 Å². The van der Waals surface area contributed by atoms with Crippen LogP contribution in [0.5, 0.6) is 0 Å². The van der Waals surface area contributed by atoms with Crippen LogP contribution in [-0.2, 0) is 21.4 Å². The largest absolute Gasteiger partial charge is 0.481 e. The summed E-state index contributed by atoms with van der Waals surface area (Å²) in [6.45, 7) is -0.446. The predicted molar refractivity (Wildman–Crippen MR) is 107 cm³/mol. The number of nitrogen functional groups attached to an aromatic ring is 1. The van der Waals surface area contributed by atoms with E-state index in [0.717, 1.165) is 4.57 Å². The highest BCUT2D eigenvalue weighted by molar-refractivity contribution is 5.73. The molecule has 0 aliphatic carbocycles. The third kappa shape index (κ3) is 5.38. The van der Waals surface area contributed by atoms with Crippen LogP contribution >= 0.6 is 0 Å². The fourth-order valence-corrected chi connectivity index (χ4v) is 2.96. The number of hydrogen-bond acceptors (Lipinski definition) is 11. The maximum Gasteiger partial charge on any atom is 0.320 e. The molecule has 5 atom stereocenters. The quantitative estimate of drug-likeness (QED) is 0.218. The van der Waals surface area contributed by atoms with Crippen LogP contribution in [0.25, 0.3) is 11.2 Å². The number of fused-ring (bicyclic) bond motifs is 1. The number of aliphatic hydroxyl groups is 3. The Labute approximate surface area is 180 Å². The van der Waals surface area contributed by atoms with E-state index in [1.807, 2.05) is 0 Å². The van der Waals surface area contributed by atoms with Crippen LogP contribution in [0.2, 0.25) is 0 Å². The molecule has 9 N–H and O–H groups in total. The van der Waals surface area contributed by atoms with Gasteiger partial charge < -0.3 is 41.7 Å². The first-order valence-electron chi connectivity index (χ1n) is 9.51. The van der Waals surface area contributed by atoms with Crippen molar-refractivity contribution in [2.45, 2.75) is 49.8 Å². The van der Waals surface area contributed by atoms with Crippen molar-refractivity contribution in [3.63, 3.8) is 0 Å². The summed E-state index contributed by atoms with van der Waals surface area (Å²) in [5.41, 5.74) is 10.5. The zero-order valence-corrected chi connectivity index (χ0v) is 17.1. The van der Waals surface area contributed by atoms with Crippen LogP contribution in [0.4, 0.5) is 5.95 Å². The summed E-state index contributed by atoms with van der Waals surface area (Å²) >= 11 is 0. The zero-order valence-electron chi connectivity index (χ0n) is 17.1. The highest BCUT2D eigenvalue weighted by Crippen LogP contribution is 2.30. The molecule has 178 valence electrons. The number of ether oxygens (including phenoxy) is 1. The molecule has 1 saturated heterocycles. The number of anilines is 1. The summed E-state index contributed by atoms with van der Waals surface area (Å²) in [4.78, 5) is 40.1. The lowest BCUT2D eigenvalue weighted by molar-refractivity contribution is -0.140. The van der Waals surface area contributed by atoms with Gasteiger partial charge in [0.05, 0.1) is 12.9 Å². The Balaban J connectivity index is 0.000000282. The fraction of sp³-hybridized carbons (Fsp3) is 0.588. The van der Waals surface area contributed by atoms with Crippen LogP contribution < -0.4 is 17.0 Å². The summed E-state index contributed by atoms with van der Waals surface area (Å²) in [6, 6.07) is -0.936. The molecule has 0 saturated carbocycles. The first-order valence-corrected chi connectivity index (χ1v) is 9.51. The summed E-state index contributed by atoms with van der Waals surface area (Å²) < 4.78 is 7.85. The van der Waals surface area contributed by atoms with Gasteiger partial charge in [-0.05, 0) is 12.8 Å². The van der Waals surface area contributed by atoms with E-state index in [-0.39, 0.29) is 30.0 Å². The maximum absolute atomic E-state index is 12.0. The molecular formula is C17H26N6O9. The van der Waals surface area contributed by atoms with Crippen molar-refractivity contribution in [3.05, 3.63) is 16.7 Å². The van der Waals surface area contributed by atoms with Crippen molar-refractivity contribution >= 4 is 29.1 Å². The number of imidazole rings is 1. The van der Waals surface area contributed by atoms with E-state index < -0.39 is 54.7 Å². The Kier molecular flexibility index (Phi) is 8.23. The Morgan fingerprint density at radius 1 is 1.28 bits per heavy atom. The number of carboxylic acid groups (broad SMARTS) is 2. The van der Waals surface area contributed by atoms with Crippen LogP contribution in [0.3, 0.4) is 0 Å². The molecule has 0 bridgehead atoms. The molecule has 1 aliphatic rings. The molecule has 3 heterocycles. The second-order valence-corrected chi connectivity index (χ2v) is 7.12. The molecule has 1 unspecified atom stereocenters. The number of aromatic nitrogens is 4. The summed E-state index contributed by atoms with van der Waals surface area (Å²) in [7, 11) is 1.47. The van der Waals surface area contributed by atoms with Gasteiger partial charge in [0.25, 0.3) is 5.56 Å². The zero-order chi connectivity index (χ0) is 24.2. The SMILES string of the molecule is Cn1c(N)nc2c(ncn2[C@@H]2O[C@H](CO)[C@@H](O)[C@H]2O)c1=O.NC(CCCC(=O)O)C(=O)O. The van der Waals surface area contributed by atoms with Gasteiger partial charge in [-0.1, -0.05) is 0 Å². The van der Waals surface area contributed by atoms with Gasteiger partial charge in [0, 0.05) is 13.5 Å². The highest BCUT2D eigenvalue weighted by Gasteiger charge is 2.44. The Bertz CT molecular complexity index is 1020. The molecule has 0 aromatic carbocycles. The van der Waals surface area contributed by atoms with Gasteiger partial charge in [-0.15, -0.1) is 0 Å². The average Bonchev–Trinajstić information content (AvgIpc) is 3.27. The minimum absolute atomic E-state index is 0.0130. The van der Waals surface area contributed by atoms with E-state index in [0.29, 0.717) is 6.42 Å². The fourth-order valence-electron chi connectivity index (χ4n) is 2.96. The van der Waals surface area contributed by atoms with E-state index >= 15 is 0 Å². The lowest BCUT2D eigenvalue weighted by Gasteiger charge is -2.16. The monoisotopic (exact) mass is 458 g/mol. The van der Waals surface area contributed by atoms with E-state index in [1.54, 1.807) is 0 Å². The van der Waals surface area contributed by atoms with E-state index in [2.05, 4.69) is 9.97 Å². The third-order valence-corrected chi connectivity index (χ3v) is 4.85. The number of nitrogens with two attached hydrogens (primary N) is 2. The van der Waals surface area contributed by atoms with Crippen molar-refractivity contribution in [2.75, 3.05) is 12.3 Å². The molecule has 0 spiro atoms. The smallest absolute Gasteiger partial charge is 0.320 e. The number of hydrogen-bond donors (Lipinski definition) is 7. The van der Waals surface area contributed by atoms with E-state index in [9.17, 15) is 24.6 Å². The van der Waals surface area contributed by atoms with Crippen LogP contribution in [0, 0.1) is 0 Å². The average molecular weight is 458 g/mol. The van der Waals surface area contributed by atoms with Crippen LogP contribution in [-0.4, -0.2) is 87.5 Å². The number of carboxylic acids is 2. The summed E-state index contributed by atoms with van der Waals surface area (Å²) in [6.07, 6.45) is -2.70. The van der Waals surface area contributed by atoms with Crippen molar-refractivity contribution in [1.82, 2.24) is 19.1 Å². The second-order valence-electron chi connectivity index (χ2n) is 7.12. The molecule has 15 nitrogen and oxygen atoms in total. The van der Waals surface area contributed by atoms with Gasteiger partial charge in [0.1, 0.15) is 24.4 Å². The van der Waals surface area contributed by atoms with Crippen molar-refractivity contribution in [3.8, 4) is 0 Å². The van der Waals surface area contributed by atoms with Crippen molar-refractivity contribution in [2.24, 2.45) is 12.8 Å². The third-order valence-electron chi connectivity index (χ3n) is 4.85. The molecule has 2 aromatic heterocycles. The number of aliphatic hydroxyl groups excluding tert-OH is 3. The predicted octanol–water partition coefficient (Wildman–Crippen LogP) is -3.02. The van der Waals surface area contributed by atoms with Gasteiger partial charge >= 0.3 is 11.9 Å². The number of nitrogens with zero attached hydrogens (tertiary/aromatic N) is 4. The van der Waals surface area contributed by atoms with Gasteiger partial charge in [0.2, 0.25) is 5.95 Å². The van der Waals surface area contributed by atoms with Gasteiger partial charge in [0.15, 0.2) is 17.4 Å². The number of carbonyl (C=O) groups is 2. The number of aliphatic carboxylic acids is 2.